The number of hydrogen-bond donors (Lipinski definition) is 1. The fourth-order valence-corrected chi connectivity index (χ4v) is 1.98. The molecular formula is C13H12F3NO2. The first kappa shape index (κ1) is 13.5. The van der Waals surface area contributed by atoms with Crippen LogP contribution in [0.3, 0.4) is 0 Å². The summed E-state index contributed by atoms with van der Waals surface area (Å²) < 4.78 is 37.4. The Bertz CT molecular complexity index is 506. The van der Waals surface area contributed by atoms with Crippen LogP contribution < -0.4 is 4.90 Å². The van der Waals surface area contributed by atoms with Crippen molar-refractivity contribution in [3.8, 4) is 0 Å². The summed E-state index contributed by atoms with van der Waals surface area (Å²) in [4.78, 5) is 12.5. The summed E-state index contributed by atoms with van der Waals surface area (Å²) in [7, 11) is 0. The van der Waals surface area contributed by atoms with Crippen molar-refractivity contribution in [2.75, 3.05) is 18.0 Å². The van der Waals surface area contributed by atoms with Gasteiger partial charge >= 0.3 is 12.1 Å². The SMILES string of the molecule is O=C(O)c1ccc(N2CC=C(C(F)(F)F)CC2)cc1. The van der Waals surface area contributed by atoms with Crippen LogP contribution in [0, 0.1) is 0 Å². The summed E-state index contributed by atoms with van der Waals surface area (Å²) in [5.41, 5.74) is 0.390. The number of rotatable bonds is 2. The summed E-state index contributed by atoms with van der Waals surface area (Å²) >= 11 is 0. The third-order valence-corrected chi connectivity index (χ3v) is 3.05. The minimum absolute atomic E-state index is 0.0514. The van der Waals surface area contributed by atoms with Gasteiger partial charge in [0.1, 0.15) is 0 Å². The topological polar surface area (TPSA) is 40.5 Å². The van der Waals surface area contributed by atoms with Crippen LogP contribution in [0.2, 0.25) is 0 Å². The zero-order valence-corrected chi connectivity index (χ0v) is 9.94. The molecule has 3 nitrogen and oxygen atoms in total. The first-order chi connectivity index (χ1) is 8.88. The summed E-state index contributed by atoms with van der Waals surface area (Å²) in [6.07, 6.45) is -3.13. The third-order valence-electron chi connectivity index (χ3n) is 3.05. The Morgan fingerprint density at radius 3 is 2.26 bits per heavy atom. The number of nitrogens with zero attached hydrogens (tertiary/aromatic N) is 1. The predicted molar refractivity (Wildman–Crippen MR) is 64.4 cm³/mol. The van der Waals surface area contributed by atoms with Gasteiger partial charge in [-0.05, 0) is 30.7 Å². The monoisotopic (exact) mass is 271 g/mol. The second-order valence-electron chi connectivity index (χ2n) is 4.28. The molecule has 102 valence electrons. The Hall–Kier alpha value is -1.98. The number of benzene rings is 1. The molecule has 0 spiro atoms. The maximum absolute atomic E-state index is 12.5. The van der Waals surface area contributed by atoms with E-state index in [0.717, 1.165) is 5.69 Å². The number of hydrogen-bond acceptors (Lipinski definition) is 2. The molecular weight excluding hydrogens is 259 g/mol. The van der Waals surface area contributed by atoms with E-state index >= 15 is 0 Å². The molecule has 1 aromatic rings. The largest absolute Gasteiger partial charge is 0.478 e. The summed E-state index contributed by atoms with van der Waals surface area (Å²) in [6, 6.07) is 6.10. The number of carboxylic acid groups (broad SMARTS) is 1. The van der Waals surface area contributed by atoms with Crippen molar-refractivity contribution >= 4 is 11.7 Å². The van der Waals surface area contributed by atoms with Gasteiger partial charge in [-0.15, -0.1) is 0 Å². The van der Waals surface area contributed by atoms with Gasteiger partial charge in [0.25, 0.3) is 0 Å². The fourth-order valence-electron chi connectivity index (χ4n) is 1.98. The lowest BCUT2D eigenvalue weighted by atomic mass is 10.1. The van der Waals surface area contributed by atoms with E-state index in [9.17, 15) is 18.0 Å². The van der Waals surface area contributed by atoms with E-state index in [1.54, 1.807) is 17.0 Å². The van der Waals surface area contributed by atoms with Crippen molar-refractivity contribution in [1.29, 1.82) is 0 Å². The van der Waals surface area contributed by atoms with Crippen LogP contribution in [-0.2, 0) is 0 Å². The van der Waals surface area contributed by atoms with Crippen molar-refractivity contribution in [2.24, 2.45) is 0 Å². The summed E-state index contributed by atoms with van der Waals surface area (Å²) in [5, 5.41) is 8.76. The van der Waals surface area contributed by atoms with Crippen molar-refractivity contribution in [3.63, 3.8) is 0 Å². The van der Waals surface area contributed by atoms with Crippen LogP contribution in [0.5, 0.6) is 0 Å². The molecule has 19 heavy (non-hydrogen) atoms. The lowest BCUT2D eigenvalue weighted by molar-refractivity contribution is -0.0944. The molecule has 0 unspecified atom stereocenters. The molecule has 1 aliphatic rings. The number of alkyl halides is 3. The van der Waals surface area contributed by atoms with Crippen molar-refractivity contribution in [2.45, 2.75) is 12.6 Å². The van der Waals surface area contributed by atoms with E-state index in [1.165, 1.54) is 18.2 Å². The van der Waals surface area contributed by atoms with Gasteiger partial charge in [-0.3, -0.25) is 0 Å². The van der Waals surface area contributed by atoms with Gasteiger partial charge in [-0.25, -0.2) is 4.79 Å². The van der Waals surface area contributed by atoms with E-state index in [1.807, 2.05) is 0 Å². The van der Waals surface area contributed by atoms with Gasteiger partial charge in [-0.1, -0.05) is 6.08 Å². The first-order valence-electron chi connectivity index (χ1n) is 5.72. The highest BCUT2D eigenvalue weighted by atomic mass is 19.4. The maximum Gasteiger partial charge on any atom is 0.412 e. The molecule has 0 aliphatic carbocycles. The van der Waals surface area contributed by atoms with E-state index in [0.29, 0.717) is 0 Å². The molecule has 0 atom stereocenters. The number of carbonyl (C=O) groups is 1. The number of anilines is 1. The minimum atomic E-state index is -4.25. The van der Waals surface area contributed by atoms with Crippen LogP contribution in [0.4, 0.5) is 18.9 Å². The number of halogens is 3. The fraction of sp³-hybridized carbons (Fsp3) is 0.308. The minimum Gasteiger partial charge on any atom is -0.478 e. The zero-order chi connectivity index (χ0) is 14.0. The molecule has 1 aliphatic heterocycles. The predicted octanol–water partition coefficient (Wildman–Crippen LogP) is 3.08. The number of carboxylic acids is 1. The van der Waals surface area contributed by atoms with Crippen molar-refractivity contribution in [3.05, 3.63) is 41.5 Å². The molecule has 1 aromatic carbocycles. The van der Waals surface area contributed by atoms with Gasteiger partial charge in [0.05, 0.1) is 5.56 Å². The van der Waals surface area contributed by atoms with E-state index in [-0.39, 0.29) is 25.1 Å². The Morgan fingerprint density at radius 1 is 1.21 bits per heavy atom. The molecule has 1 N–H and O–H groups in total. The molecule has 0 saturated heterocycles. The third kappa shape index (κ3) is 3.07. The highest BCUT2D eigenvalue weighted by Crippen LogP contribution is 2.31. The molecule has 6 heteroatoms. The zero-order valence-electron chi connectivity index (χ0n) is 9.94. The standard InChI is InChI=1S/C13H12F3NO2/c14-13(15,16)10-5-7-17(8-6-10)11-3-1-9(2-4-11)12(18)19/h1-5H,6-8H2,(H,18,19). The summed E-state index contributed by atoms with van der Waals surface area (Å²) in [5.74, 6) is -1.02. The summed E-state index contributed by atoms with van der Waals surface area (Å²) in [6.45, 7) is 0.457. The lowest BCUT2D eigenvalue weighted by Gasteiger charge is -2.29. The van der Waals surface area contributed by atoms with Crippen LogP contribution >= 0.6 is 0 Å². The van der Waals surface area contributed by atoms with Crippen LogP contribution in [0.15, 0.2) is 35.9 Å². The van der Waals surface area contributed by atoms with Gasteiger partial charge in [0.2, 0.25) is 0 Å². The average molecular weight is 271 g/mol. The van der Waals surface area contributed by atoms with Gasteiger partial charge in [-0.2, -0.15) is 13.2 Å². The quantitative estimate of drug-likeness (QED) is 0.840. The molecule has 0 fully saturated rings. The van der Waals surface area contributed by atoms with Crippen LogP contribution in [-0.4, -0.2) is 30.3 Å². The first-order valence-corrected chi connectivity index (χ1v) is 5.72. The van der Waals surface area contributed by atoms with Crippen LogP contribution in [0.1, 0.15) is 16.8 Å². The molecule has 0 bridgehead atoms. The molecule has 1 heterocycles. The Kier molecular flexibility index (Phi) is 3.50. The molecule has 2 rings (SSSR count). The normalized spacial score (nSPS) is 16.2. The van der Waals surface area contributed by atoms with Crippen molar-refractivity contribution < 1.29 is 23.1 Å². The second-order valence-corrected chi connectivity index (χ2v) is 4.28. The Labute approximate surface area is 108 Å². The van der Waals surface area contributed by atoms with E-state index in [2.05, 4.69) is 0 Å². The lowest BCUT2D eigenvalue weighted by Crippen LogP contribution is -2.31. The second kappa shape index (κ2) is 4.95. The Morgan fingerprint density at radius 2 is 1.84 bits per heavy atom. The average Bonchev–Trinajstić information content (AvgIpc) is 2.38. The van der Waals surface area contributed by atoms with Gasteiger partial charge in [0.15, 0.2) is 0 Å². The molecule has 0 saturated carbocycles. The van der Waals surface area contributed by atoms with Crippen molar-refractivity contribution in [1.82, 2.24) is 0 Å². The van der Waals surface area contributed by atoms with Crippen LogP contribution in [0.25, 0.3) is 0 Å². The van der Waals surface area contributed by atoms with E-state index < -0.39 is 17.7 Å². The maximum atomic E-state index is 12.5. The number of aromatic carboxylic acids is 1. The molecule has 0 amide bonds. The highest BCUT2D eigenvalue weighted by Gasteiger charge is 2.34. The highest BCUT2D eigenvalue weighted by molar-refractivity contribution is 5.88. The smallest absolute Gasteiger partial charge is 0.412 e. The van der Waals surface area contributed by atoms with E-state index in [4.69, 9.17) is 5.11 Å². The van der Waals surface area contributed by atoms with Gasteiger partial charge in [0, 0.05) is 24.4 Å². The molecule has 0 aromatic heterocycles. The molecule has 0 radical (unpaired) electrons. The van der Waals surface area contributed by atoms with Gasteiger partial charge < -0.3 is 10.0 Å². The Balaban J connectivity index is 2.09.